The molecule has 0 aliphatic heterocycles. The lowest BCUT2D eigenvalue weighted by Crippen LogP contribution is -2.29. The molecule has 2 aromatic carbocycles. The van der Waals surface area contributed by atoms with E-state index in [1.54, 1.807) is 20.9 Å². The van der Waals surface area contributed by atoms with Crippen molar-refractivity contribution in [1.29, 1.82) is 0 Å². The number of carbonyl (C=O) groups excluding carboxylic acids is 1. The summed E-state index contributed by atoms with van der Waals surface area (Å²) in [6, 6.07) is 8.51. The Morgan fingerprint density at radius 3 is 2.25 bits per heavy atom. The standard InChI is InChI=1S/C22H26F3NO5S/c1-15(2)31-20-11-10-18(32(4,28)29)14-19(20)21(27)26(3)12-5-13-30-17-8-6-16(7-9-17)22(23,24)25/h6-11,14-15H,5,12-13H2,1-4H3. The van der Waals surface area contributed by atoms with Gasteiger partial charge < -0.3 is 14.4 Å². The number of benzene rings is 2. The maximum Gasteiger partial charge on any atom is 0.416 e. The quantitative estimate of drug-likeness (QED) is 0.504. The number of rotatable bonds is 9. The van der Waals surface area contributed by atoms with Gasteiger partial charge in [-0.3, -0.25) is 4.79 Å². The van der Waals surface area contributed by atoms with Gasteiger partial charge in [0, 0.05) is 19.8 Å². The van der Waals surface area contributed by atoms with Crippen LogP contribution in [0.1, 0.15) is 36.2 Å². The van der Waals surface area contributed by atoms with E-state index >= 15 is 0 Å². The zero-order chi connectivity index (χ0) is 24.1. The minimum atomic E-state index is -4.41. The van der Waals surface area contributed by atoms with E-state index in [2.05, 4.69) is 0 Å². The van der Waals surface area contributed by atoms with Crippen LogP contribution in [0, 0.1) is 0 Å². The number of hydrogen-bond acceptors (Lipinski definition) is 5. The Morgan fingerprint density at radius 2 is 1.72 bits per heavy atom. The Balaban J connectivity index is 2.01. The number of alkyl halides is 3. The third kappa shape index (κ3) is 7.15. The van der Waals surface area contributed by atoms with Crippen molar-refractivity contribution in [2.75, 3.05) is 26.5 Å². The highest BCUT2D eigenvalue weighted by Gasteiger charge is 2.30. The second kappa shape index (κ2) is 10.2. The van der Waals surface area contributed by atoms with Crippen LogP contribution in [-0.2, 0) is 16.0 Å². The number of hydrogen-bond donors (Lipinski definition) is 0. The lowest BCUT2D eigenvalue weighted by atomic mass is 10.1. The number of nitrogens with zero attached hydrogens (tertiary/aromatic N) is 1. The molecule has 0 radical (unpaired) electrons. The van der Waals surface area contributed by atoms with Gasteiger partial charge in [0.15, 0.2) is 9.84 Å². The molecule has 0 aliphatic rings. The smallest absolute Gasteiger partial charge is 0.416 e. The van der Waals surface area contributed by atoms with Crippen LogP contribution in [0.5, 0.6) is 11.5 Å². The lowest BCUT2D eigenvalue weighted by Gasteiger charge is -2.21. The first kappa shape index (κ1) is 25.5. The van der Waals surface area contributed by atoms with Gasteiger partial charge in [-0.2, -0.15) is 13.2 Å². The van der Waals surface area contributed by atoms with Crippen LogP contribution < -0.4 is 9.47 Å². The van der Waals surface area contributed by atoms with Gasteiger partial charge in [-0.1, -0.05) is 0 Å². The molecule has 176 valence electrons. The van der Waals surface area contributed by atoms with E-state index in [-0.39, 0.29) is 35.5 Å². The van der Waals surface area contributed by atoms with Gasteiger partial charge >= 0.3 is 6.18 Å². The van der Waals surface area contributed by atoms with E-state index in [0.29, 0.717) is 12.2 Å². The fourth-order valence-electron chi connectivity index (χ4n) is 2.80. The zero-order valence-corrected chi connectivity index (χ0v) is 19.1. The summed E-state index contributed by atoms with van der Waals surface area (Å²) in [4.78, 5) is 14.3. The van der Waals surface area contributed by atoms with Gasteiger partial charge in [0.25, 0.3) is 5.91 Å². The van der Waals surface area contributed by atoms with Crippen LogP contribution in [-0.4, -0.2) is 51.8 Å². The highest BCUT2D eigenvalue weighted by molar-refractivity contribution is 7.90. The van der Waals surface area contributed by atoms with E-state index in [0.717, 1.165) is 18.4 Å². The summed E-state index contributed by atoms with van der Waals surface area (Å²) in [6.07, 6.45) is -3.15. The van der Waals surface area contributed by atoms with Crippen molar-refractivity contribution in [2.45, 2.75) is 37.4 Å². The Hall–Kier alpha value is -2.75. The summed E-state index contributed by atoms with van der Waals surface area (Å²) < 4.78 is 72.7. The Morgan fingerprint density at radius 1 is 1.09 bits per heavy atom. The number of carbonyl (C=O) groups is 1. The van der Waals surface area contributed by atoms with Crippen molar-refractivity contribution in [3.63, 3.8) is 0 Å². The van der Waals surface area contributed by atoms with Crippen molar-refractivity contribution in [2.24, 2.45) is 0 Å². The highest BCUT2D eigenvalue weighted by Crippen LogP contribution is 2.30. The van der Waals surface area contributed by atoms with Crippen molar-refractivity contribution in [3.05, 3.63) is 53.6 Å². The third-order valence-electron chi connectivity index (χ3n) is 4.41. The molecular weight excluding hydrogens is 447 g/mol. The number of amides is 1. The molecule has 0 N–H and O–H groups in total. The van der Waals surface area contributed by atoms with E-state index in [9.17, 15) is 26.4 Å². The molecular formula is C22H26F3NO5S. The normalized spacial score (nSPS) is 12.0. The van der Waals surface area contributed by atoms with Crippen LogP contribution in [0.4, 0.5) is 13.2 Å². The third-order valence-corrected chi connectivity index (χ3v) is 5.52. The number of halogens is 3. The van der Waals surface area contributed by atoms with Crippen LogP contribution in [0.2, 0.25) is 0 Å². The maximum absolute atomic E-state index is 12.9. The van der Waals surface area contributed by atoms with Gasteiger partial charge in [0.05, 0.1) is 28.7 Å². The number of ether oxygens (including phenoxy) is 2. The van der Waals surface area contributed by atoms with E-state index < -0.39 is 27.5 Å². The van der Waals surface area contributed by atoms with E-state index in [4.69, 9.17) is 9.47 Å². The van der Waals surface area contributed by atoms with Gasteiger partial charge in [-0.15, -0.1) is 0 Å². The molecule has 0 atom stereocenters. The van der Waals surface area contributed by atoms with Crippen molar-refractivity contribution in [1.82, 2.24) is 4.90 Å². The molecule has 10 heteroatoms. The van der Waals surface area contributed by atoms with E-state index in [1.807, 2.05) is 0 Å². The molecule has 0 saturated heterocycles. The topological polar surface area (TPSA) is 72.9 Å². The minimum absolute atomic E-state index is 0.0102. The second-order valence-corrected chi connectivity index (χ2v) is 9.56. The predicted molar refractivity (Wildman–Crippen MR) is 114 cm³/mol. The molecule has 0 bridgehead atoms. The van der Waals surface area contributed by atoms with E-state index in [1.165, 1.54) is 35.2 Å². The molecule has 0 saturated carbocycles. The molecule has 2 aromatic rings. The molecule has 2 rings (SSSR count). The fourth-order valence-corrected chi connectivity index (χ4v) is 3.45. The van der Waals surface area contributed by atoms with Gasteiger partial charge in [-0.25, -0.2) is 8.42 Å². The summed E-state index contributed by atoms with van der Waals surface area (Å²) in [6.45, 7) is 4.05. The molecule has 0 heterocycles. The van der Waals surface area contributed by atoms with Crippen LogP contribution in [0.25, 0.3) is 0 Å². The molecule has 0 aromatic heterocycles. The first-order valence-electron chi connectivity index (χ1n) is 9.85. The van der Waals surface area contributed by atoms with Crippen molar-refractivity contribution < 1.29 is 35.9 Å². The lowest BCUT2D eigenvalue weighted by molar-refractivity contribution is -0.137. The first-order chi connectivity index (χ1) is 14.8. The second-order valence-electron chi connectivity index (χ2n) is 7.55. The minimum Gasteiger partial charge on any atom is -0.494 e. The van der Waals surface area contributed by atoms with Gasteiger partial charge in [-0.05, 0) is 62.7 Å². The Labute approximate surface area is 185 Å². The highest BCUT2D eigenvalue weighted by atomic mass is 32.2. The zero-order valence-electron chi connectivity index (χ0n) is 18.3. The molecule has 0 aliphatic carbocycles. The van der Waals surface area contributed by atoms with Crippen LogP contribution in [0.15, 0.2) is 47.4 Å². The fraction of sp³-hybridized carbons (Fsp3) is 0.409. The Kier molecular flexibility index (Phi) is 8.17. The van der Waals surface area contributed by atoms with Crippen molar-refractivity contribution in [3.8, 4) is 11.5 Å². The molecule has 1 amide bonds. The average Bonchev–Trinajstić information content (AvgIpc) is 2.69. The first-order valence-corrected chi connectivity index (χ1v) is 11.7. The summed E-state index contributed by atoms with van der Waals surface area (Å²) >= 11 is 0. The summed E-state index contributed by atoms with van der Waals surface area (Å²) in [7, 11) is -1.95. The molecule has 0 spiro atoms. The number of sulfone groups is 1. The van der Waals surface area contributed by atoms with Gasteiger partial charge in [0.1, 0.15) is 11.5 Å². The molecule has 0 fully saturated rings. The van der Waals surface area contributed by atoms with Crippen LogP contribution >= 0.6 is 0 Å². The van der Waals surface area contributed by atoms with Crippen LogP contribution in [0.3, 0.4) is 0 Å². The molecule has 32 heavy (non-hydrogen) atoms. The van der Waals surface area contributed by atoms with Gasteiger partial charge in [0.2, 0.25) is 0 Å². The average molecular weight is 474 g/mol. The maximum atomic E-state index is 12.9. The summed E-state index contributed by atoms with van der Waals surface area (Å²) in [5.74, 6) is 0.159. The summed E-state index contributed by atoms with van der Waals surface area (Å²) in [5, 5.41) is 0. The monoisotopic (exact) mass is 473 g/mol. The predicted octanol–water partition coefficient (Wildman–Crippen LogP) is 4.44. The SMILES string of the molecule is CC(C)Oc1ccc(S(C)(=O)=O)cc1C(=O)N(C)CCCOc1ccc(C(F)(F)F)cc1. The summed E-state index contributed by atoms with van der Waals surface area (Å²) in [5.41, 5.74) is -0.626. The largest absolute Gasteiger partial charge is 0.494 e. The molecule has 6 nitrogen and oxygen atoms in total. The Bertz CT molecular complexity index is 1030. The van der Waals surface area contributed by atoms with Crippen molar-refractivity contribution >= 4 is 15.7 Å². The molecule has 0 unspecified atom stereocenters.